The van der Waals surface area contributed by atoms with E-state index in [1.807, 2.05) is 42.6 Å². The molecule has 0 saturated carbocycles. The van der Waals surface area contributed by atoms with E-state index in [2.05, 4.69) is 15.5 Å². The number of fused-ring (bicyclic) bond motifs is 1. The zero-order chi connectivity index (χ0) is 21.0. The third kappa shape index (κ3) is 4.34. The number of H-pyrrole nitrogens is 1. The Labute approximate surface area is 179 Å². The van der Waals surface area contributed by atoms with Crippen molar-refractivity contribution in [3.8, 4) is 28.4 Å². The number of aromatic nitrogens is 2. The molecular weight excluding hydrogens is 398 g/mol. The monoisotopic (exact) mass is 421 g/mol. The van der Waals surface area contributed by atoms with Crippen LogP contribution in [0.4, 0.5) is 5.69 Å². The molecule has 1 saturated heterocycles. The first kappa shape index (κ1) is 19.4. The predicted molar refractivity (Wildman–Crippen MR) is 113 cm³/mol. The first-order valence-electron chi connectivity index (χ1n) is 10.3. The van der Waals surface area contributed by atoms with Crippen LogP contribution in [-0.4, -0.2) is 48.1 Å². The lowest BCUT2D eigenvalue weighted by Crippen LogP contribution is -2.40. The molecule has 5 rings (SSSR count). The fraction of sp³-hybridized carbons (Fsp3) is 0.304. The lowest BCUT2D eigenvalue weighted by atomic mass is 10.1. The van der Waals surface area contributed by atoms with Gasteiger partial charge in [0, 0.05) is 24.6 Å². The number of rotatable bonds is 5. The normalized spacial score (nSPS) is 18.4. The maximum absolute atomic E-state index is 12.9. The van der Waals surface area contributed by atoms with Crippen LogP contribution in [0.5, 0.6) is 17.2 Å². The summed E-state index contributed by atoms with van der Waals surface area (Å²) in [5, 5.41) is 9.78. The average Bonchev–Trinajstić information content (AvgIpc) is 3.35. The van der Waals surface area contributed by atoms with E-state index in [0.29, 0.717) is 36.1 Å². The summed E-state index contributed by atoms with van der Waals surface area (Å²) < 4.78 is 23.2. The van der Waals surface area contributed by atoms with Crippen LogP contribution in [0, 0.1) is 0 Å². The topological polar surface area (TPSA) is 94.7 Å². The molecule has 8 nitrogen and oxygen atoms in total. The van der Waals surface area contributed by atoms with Crippen molar-refractivity contribution in [2.45, 2.75) is 25.0 Å². The van der Waals surface area contributed by atoms with Crippen molar-refractivity contribution in [1.82, 2.24) is 10.2 Å². The number of amides is 1. The molecule has 1 fully saturated rings. The summed E-state index contributed by atoms with van der Waals surface area (Å²) in [7, 11) is 0. The molecule has 1 aromatic heterocycles. The third-order valence-corrected chi connectivity index (χ3v) is 5.33. The second-order valence-electron chi connectivity index (χ2n) is 7.48. The zero-order valence-corrected chi connectivity index (χ0v) is 16.9. The van der Waals surface area contributed by atoms with Crippen molar-refractivity contribution in [1.29, 1.82) is 0 Å². The van der Waals surface area contributed by atoms with Crippen LogP contribution in [0.3, 0.4) is 0 Å². The largest absolute Gasteiger partial charge is 0.488 e. The Balaban J connectivity index is 1.36. The SMILES string of the molecule is O=C(Nc1ccc(-c2cn[nH]c2)cc1OC1CCOCC1)C1COc2ccccc2O1. The maximum Gasteiger partial charge on any atom is 0.269 e. The van der Waals surface area contributed by atoms with Crippen molar-refractivity contribution in [2.24, 2.45) is 0 Å². The number of anilines is 1. The van der Waals surface area contributed by atoms with Gasteiger partial charge in [0.15, 0.2) is 11.5 Å². The standard InChI is InChI=1S/C23H23N3O5/c27-23(22-14-29-19-3-1-2-4-20(19)31-22)26-18-6-5-15(16-12-24-25-13-16)11-21(18)30-17-7-9-28-10-8-17/h1-6,11-13,17,22H,7-10,14H2,(H,24,25)(H,26,27). The Hall–Kier alpha value is -3.52. The van der Waals surface area contributed by atoms with Crippen LogP contribution in [0.1, 0.15) is 12.8 Å². The van der Waals surface area contributed by atoms with Gasteiger partial charge in [0.2, 0.25) is 6.10 Å². The lowest BCUT2D eigenvalue weighted by molar-refractivity contribution is -0.125. The first-order valence-corrected chi connectivity index (χ1v) is 10.3. The van der Waals surface area contributed by atoms with E-state index in [1.54, 1.807) is 12.3 Å². The Morgan fingerprint density at radius 1 is 1.10 bits per heavy atom. The molecule has 1 atom stereocenters. The highest BCUT2D eigenvalue weighted by atomic mass is 16.6. The molecule has 2 aliphatic heterocycles. The summed E-state index contributed by atoms with van der Waals surface area (Å²) in [6.45, 7) is 1.48. The van der Waals surface area contributed by atoms with Gasteiger partial charge >= 0.3 is 0 Å². The van der Waals surface area contributed by atoms with Crippen molar-refractivity contribution >= 4 is 11.6 Å². The van der Waals surface area contributed by atoms with Crippen molar-refractivity contribution in [2.75, 3.05) is 25.1 Å². The number of hydrogen-bond donors (Lipinski definition) is 2. The van der Waals surface area contributed by atoms with E-state index in [4.69, 9.17) is 18.9 Å². The van der Waals surface area contributed by atoms with Gasteiger partial charge in [-0.05, 0) is 29.8 Å². The van der Waals surface area contributed by atoms with E-state index < -0.39 is 6.10 Å². The number of nitrogens with one attached hydrogen (secondary N) is 2. The van der Waals surface area contributed by atoms with Crippen LogP contribution < -0.4 is 19.5 Å². The molecule has 0 spiro atoms. The van der Waals surface area contributed by atoms with Crippen LogP contribution in [0.2, 0.25) is 0 Å². The molecule has 2 N–H and O–H groups in total. The summed E-state index contributed by atoms with van der Waals surface area (Å²) in [6.07, 6.45) is 4.45. The molecule has 0 radical (unpaired) electrons. The molecule has 2 aliphatic rings. The number of para-hydroxylation sites is 2. The zero-order valence-electron chi connectivity index (χ0n) is 16.9. The van der Waals surface area contributed by atoms with Gasteiger partial charge < -0.3 is 24.3 Å². The Bertz CT molecular complexity index is 1050. The van der Waals surface area contributed by atoms with Gasteiger partial charge in [0.1, 0.15) is 18.5 Å². The molecule has 0 bridgehead atoms. The minimum absolute atomic E-state index is 0.0325. The molecule has 3 aromatic rings. The van der Waals surface area contributed by atoms with E-state index in [-0.39, 0.29) is 18.6 Å². The molecule has 0 aliphatic carbocycles. The fourth-order valence-electron chi connectivity index (χ4n) is 3.65. The number of hydrogen-bond acceptors (Lipinski definition) is 6. The molecule has 1 amide bonds. The molecule has 3 heterocycles. The van der Waals surface area contributed by atoms with Crippen molar-refractivity contribution in [3.63, 3.8) is 0 Å². The number of nitrogens with zero attached hydrogens (tertiary/aromatic N) is 1. The number of carbonyl (C=O) groups is 1. The minimum atomic E-state index is -0.751. The van der Waals surface area contributed by atoms with Crippen LogP contribution in [-0.2, 0) is 9.53 Å². The lowest BCUT2D eigenvalue weighted by Gasteiger charge is -2.27. The van der Waals surface area contributed by atoms with E-state index >= 15 is 0 Å². The summed E-state index contributed by atoms with van der Waals surface area (Å²) >= 11 is 0. The van der Waals surface area contributed by atoms with Gasteiger partial charge in [-0.1, -0.05) is 18.2 Å². The Morgan fingerprint density at radius 3 is 2.74 bits per heavy atom. The smallest absolute Gasteiger partial charge is 0.269 e. The molecule has 31 heavy (non-hydrogen) atoms. The van der Waals surface area contributed by atoms with Gasteiger partial charge in [0.05, 0.1) is 25.1 Å². The predicted octanol–water partition coefficient (Wildman–Crippen LogP) is 3.41. The summed E-state index contributed by atoms with van der Waals surface area (Å²) in [4.78, 5) is 12.9. The second-order valence-corrected chi connectivity index (χ2v) is 7.48. The van der Waals surface area contributed by atoms with Gasteiger partial charge in [-0.3, -0.25) is 9.89 Å². The highest BCUT2D eigenvalue weighted by molar-refractivity contribution is 5.96. The molecule has 1 unspecified atom stereocenters. The van der Waals surface area contributed by atoms with E-state index in [1.165, 1.54) is 0 Å². The van der Waals surface area contributed by atoms with Gasteiger partial charge in [-0.15, -0.1) is 0 Å². The van der Waals surface area contributed by atoms with E-state index in [0.717, 1.165) is 24.0 Å². The maximum atomic E-state index is 12.9. The minimum Gasteiger partial charge on any atom is -0.488 e. The van der Waals surface area contributed by atoms with Crippen molar-refractivity contribution < 1.29 is 23.7 Å². The number of ether oxygens (including phenoxy) is 4. The number of carbonyl (C=O) groups excluding carboxylic acids is 1. The Morgan fingerprint density at radius 2 is 1.94 bits per heavy atom. The van der Waals surface area contributed by atoms with Crippen molar-refractivity contribution in [3.05, 3.63) is 54.9 Å². The second kappa shape index (κ2) is 8.69. The number of benzene rings is 2. The summed E-state index contributed by atoms with van der Waals surface area (Å²) in [6, 6.07) is 13.0. The molecule has 160 valence electrons. The summed E-state index contributed by atoms with van der Waals surface area (Å²) in [5.41, 5.74) is 2.47. The van der Waals surface area contributed by atoms with Crippen LogP contribution in [0.15, 0.2) is 54.9 Å². The quantitative estimate of drug-likeness (QED) is 0.656. The van der Waals surface area contributed by atoms with Gasteiger partial charge in [0.25, 0.3) is 5.91 Å². The molecule has 8 heteroatoms. The highest BCUT2D eigenvalue weighted by Gasteiger charge is 2.28. The first-order chi connectivity index (χ1) is 15.3. The van der Waals surface area contributed by atoms with Gasteiger partial charge in [-0.2, -0.15) is 5.10 Å². The van der Waals surface area contributed by atoms with Gasteiger partial charge in [-0.25, -0.2) is 0 Å². The van der Waals surface area contributed by atoms with Crippen LogP contribution in [0.25, 0.3) is 11.1 Å². The fourth-order valence-corrected chi connectivity index (χ4v) is 3.65. The van der Waals surface area contributed by atoms with E-state index in [9.17, 15) is 4.79 Å². The van der Waals surface area contributed by atoms with Crippen LogP contribution >= 0.6 is 0 Å². The molecular formula is C23H23N3O5. The summed E-state index contributed by atoms with van der Waals surface area (Å²) in [5.74, 6) is 1.51. The Kier molecular flexibility index (Phi) is 5.45. The number of aromatic amines is 1. The molecule has 2 aromatic carbocycles. The highest BCUT2D eigenvalue weighted by Crippen LogP contribution is 2.34. The average molecular weight is 421 g/mol. The third-order valence-electron chi connectivity index (χ3n) is 5.33.